The molecule has 2 N–H and O–H groups in total. The second-order valence-corrected chi connectivity index (χ2v) is 3.80. The van der Waals surface area contributed by atoms with Gasteiger partial charge in [-0.2, -0.15) is 0 Å². The zero-order chi connectivity index (χ0) is 10.7. The van der Waals surface area contributed by atoms with Crippen molar-refractivity contribution in [1.82, 2.24) is 10.3 Å². The Balaban J connectivity index is 1.91. The van der Waals surface area contributed by atoms with Crippen LogP contribution in [0.3, 0.4) is 0 Å². The Morgan fingerprint density at radius 3 is 3.27 bits per heavy atom. The van der Waals surface area contributed by atoms with Crippen LogP contribution in [-0.2, 0) is 17.6 Å². The highest BCUT2D eigenvalue weighted by molar-refractivity contribution is 5.69. The van der Waals surface area contributed by atoms with E-state index in [4.69, 9.17) is 9.52 Å². The van der Waals surface area contributed by atoms with Crippen LogP contribution < -0.4 is 5.32 Å². The number of carboxylic acids is 1. The van der Waals surface area contributed by atoms with E-state index in [1.54, 1.807) is 0 Å². The summed E-state index contributed by atoms with van der Waals surface area (Å²) in [6, 6.07) is 0.432. The highest BCUT2D eigenvalue weighted by Gasteiger charge is 2.17. The van der Waals surface area contributed by atoms with Crippen LogP contribution in [0.15, 0.2) is 10.7 Å². The monoisotopic (exact) mass is 210 g/mol. The van der Waals surface area contributed by atoms with Gasteiger partial charge in [-0.05, 0) is 19.4 Å². The molecule has 0 radical (unpaired) electrons. The average Bonchev–Trinajstić information content (AvgIpc) is 2.77. The Kier molecular flexibility index (Phi) is 3.01. The lowest BCUT2D eigenvalue weighted by atomic mass is 10.1. The van der Waals surface area contributed by atoms with Crippen molar-refractivity contribution in [1.29, 1.82) is 0 Å². The van der Waals surface area contributed by atoms with Crippen LogP contribution in [0.4, 0.5) is 0 Å². The van der Waals surface area contributed by atoms with Crippen molar-refractivity contribution < 1.29 is 14.3 Å². The third kappa shape index (κ3) is 2.79. The van der Waals surface area contributed by atoms with Gasteiger partial charge in [0.05, 0.1) is 12.1 Å². The molecule has 1 atom stereocenters. The molecule has 5 nitrogen and oxygen atoms in total. The second kappa shape index (κ2) is 4.44. The molecule has 1 aliphatic heterocycles. The minimum Gasteiger partial charge on any atom is -0.481 e. The minimum atomic E-state index is -0.881. The van der Waals surface area contributed by atoms with E-state index in [-0.39, 0.29) is 6.42 Å². The number of carbonyl (C=O) groups is 1. The fourth-order valence-corrected chi connectivity index (χ4v) is 1.82. The van der Waals surface area contributed by atoms with Crippen molar-refractivity contribution in [3.8, 4) is 0 Å². The standard InChI is InChI=1S/C10H14N2O3/c13-10(14)5-8-6-15-9(12-8)4-7-2-1-3-11-7/h6-7,11H,1-5H2,(H,13,14). The maximum Gasteiger partial charge on any atom is 0.309 e. The fourth-order valence-electron chi connectivity index (χ4n) is 1.82. The van der Waals surface area contributed by atoms with Gasteiger partial charge in [0.1, 0.15) is 6.26 Å². The smallest absolute Gasteiger partial charge is 0.309 e. The molecule has 15 heavy (non-hydrogen) atoms. The number of aliphatic carboxylic acids is 1. The zero-order valence-corrected chi connectivity index (χ0v) is 8.40. The Morgan fingerprint density at radius 2 is 2.60 bits per heavy atom. The molecule has 0 spiro atoms. The molecule has 2 heterocycles. The SMILES string of the molecule is O=C(O)Cc1coc(CC2CCCN2)n1. The van der Waals surface area contributed by atoms with Crippen molar-refractivity contribution in [2.45, 2.75) is 31.7 Å². The van der Waals surface area contributed by atoms with Crippen molar-refractivity contribution >= 4 is 5.97 Å². The molecule has 5 heteroatoms. The first-order valence-corrected chi connectivity index (χ1v) is 5.12. The Labute approximate surface area is 87.5 Å². The maximum atomic E-state index is 10.4. The number of nitrogens with zero attached hydrogens (tertiary/aromatic N) is 1. The number of carboxylic acid groups (broad SMARTS) is 1. The summed E-state index contributed by atoms with van der Waals surface area (Å²) in [4.78, 5) is 14.6. The quantitative estimate of drug-likeness (QED) is 0.761. The van der Waals surface area contributed by atoms with Crippen LogP contribution in [0.25, 0.3) is 0 Å². The van der Waals surface area contributed by atoms with Crippen molar-refractivity contribution in [2.75, 3.05) is 6.54 Å². The zero-order valence-electron chi connectivity index (χ0n) is 8.40. The maximum absolute atomic E-state index is 10.4. The minimum absolute atomic E-state index is 0.0679. The van der Waals surface area contributed by atoms with Gasteiger partial charge in [-0.25, -0.2) is 4.98 Å². The predicted molar refractivity (Wildman–Crippen MR) is 52.6 cm³/mol. The van der Waals surface area contributed by atoms with E-state index >= 15 is 0 Å². The molecule has 1 unspecified atom stereocenters. The summed E-state index contributed by atoms with van der Waals surface area (Å²) < 4.78 is 5.21. The molecule has 0 aromatic carbocycles. The van der Waals surface area contributed by atoms with E-state index in [1.165, 1.54) is 12.7 Å². The van der Waals surface area contributed by atoms with E-state index in [2.05, 4.69) is 10.3 Å². The van der Waals surface area contributed by atoms with Crippen LogP contribution >= 0.6 is 0 Å². The lowest BCUT2D eigenvalue weighted by Gasteiger charge is -2.05. The molecule has 1 fully saturated rings. The van der Waals surface area contributed by atoms with Gasteiger partial charge in [-0.1, -0.05) is 0 Å². The van der Waals surface area contributed by atoms with Gasteiger partial charge >= 0.3 is 5.97 Å². The molecule has 1 saturated heterocycles. The normalized spacial score (nSPS) is 20.7. The topological polar surface area (TPSA) is 75.4 Å². The summed E-state index contributed by atoms with van der Waals surface area (Å²) >= 11 is 0. The third-order valence-electron chi connectivity index (χ3n) is 2.52. The summed E-state index contributed by atoms with van der Waals surface area (Å²) in [5.41, 5.74) is 0.496. The molecule has 2 rings (SSSR count). The fraction of sp³-hybridized carbons (Fsp3) is 0.600. The first-order valence-electron chi connectivity index (χ1n) is 5.12. The van der Waals surface area contributed by atoms with Crippen LogP contribution in [0, 0.1) is 0 Å². The first-order chi connectivity index (χ1) is 7.24. The molecule has 0 saturated carbocycles. The van der Waals surface area contributed by atoms with E-state index in [1.807, 2.05) is 0 Å². The summed E-state index contributed by atoms with van der Waals surface area (Å²) in [6.07, 6.45) is 4.43. The first kappa shape index (κ1) is 10.2. The Morgan fingerprint density at radius 1 is 1.73 bits per heavy atom. The van der Waals surface area contributed by atoms with Crippen LogP contribution in [0.2, 0.25) is 0 Å². The van der Waals surface area contributed by atoms with E-state index < -0.39 is 5.97 Å². The molecule has 0 aliphatic carbocycles. The largest absolute Gasteiger partial charge is 0.481 e. The Hall–Kier alpha value is -1.36. The number of hydrogen-bond donors (Lipinski definition) is 2. The highest BCUT2D eigenvalue weighted by atomic mass is 16.4. The average molecular weight is 210 g/mol. The van der Waals surface area contributed by atoms with Crippen molar-refractivity contribution in [2.24, 2.45) is 0 Å². The Bertz CT molecular complexity index is 342. The van der Waals surface area contributed by atoms with Gasteiger partial charge < -0.3 is 14.8 Å². The van der Waals surface area contributed by atoms with Gasteiger partial charge in [0.2, 0.25) is 0 Å². The van der Waals surface area contributed by atoms with Gasteiger partial charge in [-0.15, -0.1) is 0 Å². The van der Waals surface area contributed by atoms with Gasteiger partial charge in [0.15, 0.2) is 5.89 Å². The number of aromatic nitrogens is 1. The van der Waals surface area contributed by atoms with Crippen LogP contribution in [0.1, 0.15) is 24.4 Å². The summed E-state index contributed by atoms with van der Waals surface area (Å²) in [7, 11) is 0. The van der Waals surface area contributed by atoms with Crippen LogP contribution in [-0.4, -0.2) is 28.6 Å². The molecule has 1 aromatic rings. The number of oxazole rings is 1. The molecular formula is C10H14N2O3. The number of hydrogen-bond acceptors (Lipinski definition) is 4. The highest BCUT2D eigenvalue weighted by Crippen LogP contribution is 2.12. The molecule has 0 bridgehead atoms. The predicted octanol–water partition coefficient (Wildman–Crippen LogP) is 0.596. The third-order valence-corrected chi connectivity index (χ3v) is 2.52. The molecule has 0 amide bonds. The lowest BCUT2D eigenvalue weighted by molar-refractivity contribution is -0.136. The van der Waals surface area contributed by atoms with Gasteiger partial charge in [0, 0.05) is 12.5 Å². The van der Waals surface area contributed by atoms with Crippen LogP contribution in [0.5, 0.6) is 0 Å². The number of nitrogens with one attached hydrogen (secondary N) is 1. The summed E-state index contributed by atoms with van der Waals surface area (Å²) in [5, 5.41) is 11.9. The second-order valence-electron chi connectivity index (χ2n) is 3.80. The van der Waals surface area contributed by atoms with E-state index in [9.17, 15) is 4.79 Å². The van der Waals surface area contributed by atoms with E-state index in [0.29, 0.717) is 17.6 Å². The molecule has 1 aliphatic rings. The van der Waals surface area contributed by atoms with E-state index in [0.717, 1.165) is 19.4 Å². The molecule has 1 aromatic heterocycles. The molecule has 82 valence electrons. The van der Waals surface area contributed by atoms with Gasteiger partial charge in [0.25, 0.3) is 0 Å². The summed E-state index contributed by atoms with van der Waals surface area (Å²) in [6.45, 7) is 1.05. The van der Waals surface area contributed by atoms with Crippen molar-refractivity contribution in [3.63, 3.8) is 0 Å². The molecular weight excluding hydrogens is 196 g/mol. The lowest BCUT2D eigenvalue weighted by Crippen LogP contribution is -2.23. The summed E-state index contributed by atoms with van der Waals surface area (Å²) in [5.74, 6) is -0.250. The van der Waals surface area contributed by atoms with Gasteiger partial charge in [-0.3, -0.25) is 4.79 Å². The van der Waals surface area contributed by atoms with Crippen molar-refractivity contribution in [3.05, 3.63) is 17.8 Å². The number of rotatable bonds is 4.